The van der Waals surface area contributed by atoms with E-state index in [-0.39, 0.29) is 22.5 Å². The number of tetrazole rings is 1. The van der Waals surface area contributed by atoms with E-state index in [1.165, 1.54) is 23.9 Å². The highest BCUT2D eigenvalue weighted by molar-refractivity contribution is 7.99. The summed E-state index contributed by atoms with van der Waals surface area (Å²) in [4.78, 5) is 13.0. The molecular formula is C20H24N6O4S2. The molecule has 10 nitrogen and oxygen atoms in total. The van der Waals surface area contributed by atoms with Crippen LogP contribution in [-0.4, -0.2) is 57.4 Å². The summed E-state index contributed by atoms with van der Waals surface area (Å²) >= 11 is 1.30. The summed E-state index contributed by atoms with van der Waals surface area (Å²) in [6, 6.07) is 8.08. The molecule has 2 aromatic heterocycles. The first kappa shape index (κ1) is 22.6. The summed E-state index contributed by atoms with van der Waals surface area (Å²) in [7, 11) is -3.76. The van der Waals surface area contributed by atoms with E-state index in [1.807, 2.05) is 24.5 Å². The molecule has 12 heteroatoms. The van der Waals surface area contributed by atoms with Crippen LogP contribution in [0.25, 0.3) is 5.69 Å². The van der Waals surface area contributed by atoms with Crippen molar-refractivity contribution in [3.63, 3.8) is 0 Å². The van der Waals surface area contributed by atoms with Gasteiger partial charge in [0.05, 0.1) is 23.3 Å². The zero-order chi connectivity index (χ0) is 22.9. The number of aryl methyl sites for hydroxylation is 1. The molecule has 0 spiro atoms. The van der Waals surface area contributed by atoms with Crippen LogP contribution in [-0.2, 0) is 21.3 Å². The van der Waals surface area contributed by atoms with Crippen molar-refractivity contribution >= 4 is 27.6 Å². The number of rotatable bonds is 8. The number of aromatic nitrogens is 5. The number of hydrogen-bond donors (Lipinski definition) is 1. The summed E-state index contributed by atoms with van der Waals surface area (Å²) in [5.74, 6) is 0.155. The van der Waals surface area contributed by atoms with E-state index in [9.17, 15) is 13.2 Å². The molecule has 1 atom stereocenters. The van der Waals surface area contributed by atoms with Gasteiger partial charge >= 0.3 is 0 Å². The third-order valence-corrected chi connectivity index (χ3v) is 7.27. The first-order valence-corrected chi connectivity index (χ1v) is 12.6. The van der Waals surface area contributed by atoms with Gasteiger partial charge in [0.15, 0.2) is 5.78 Å². The molecular weight excluding hydrogens is 452 g/mol. The summed E-state index contributed by atoms with van der Waals surface area (Å²) in [5, 5.41) is 17.5. The van der Waals surface area contributed by atoms with Crippen LogP contribution >= 0.6 is 11.8 Å². The second-order valence-electron chi connectivity index (χ2n) is 7.65. The number of hydrogen-bond acceptors (Lipinski definition) is 8. The molecule has 1 saturated heterocycles. The van der Waals surface area contributed by atoms with E-state index < -0.39 is 10.0 Å². The third-order valence-electron chi connectivity index (χ3n) is 5.39. The number of ketones is 1. The Morgan fingerprint density at radius 2 is 2.03 bits per heavy atom. The van der Waals surface area contributed by atoms with Crippen molar-refractivity contribution in [1.82, 2.24) is 24.8 Å². The standard InChI is InChI=1S/C20H24N6O4S2/c1-13-10-18(14(2)26(13)15-5-7-17(8-6-15)32(21,28)29)19(27)12-31-20-22-23-24-25(20)11-16-4-3-9-30-16/h5-8,10,16H,3-4,9,11-12H2,1-2H3,(H2,21,28,29). The number of primary sulfonamides is 1. The smallest absolute Gasteiger partial charge is 0.238 e. The van der Waals surface area contributed by atoms with E-state index in [4.69, 9.17) is 9.88 Å². The van der Waals surface area contributed by atoms with Gasteiger partial charge in [0.25, 0.3) is 0 Å². The van der Waals surface area contributed by atoms with Gasteiger partial charge in [0.1, 0.15) is 0 Å². The fourth-order valence-corrected chi connectivity index (χ4v) is 5.12. The van der Waals surface area contributed by atoms with E-state index in [0.717, 1.165) is 36.5 Å². The molecule has 3 heterocycles. The van der Waals surface area contributed by atoms with Crippen LogP contribution in [0.3, 0.4) is 0 Å². The third kappa shape index (κ3) is 4.77. The highest BCUT2D eigenvalue weighted by Crippen LogP contribution is 2.25. The van der Waals surface area contributed by atoms with Gasteiger partial charge in [0.2, 0.25) is 15.2 Å². The number of benzene rings is 1. The first-order valence-electron chi connectivity index (χ1n) is 10.1. The minimum absolute atomic E-state index is 0.0390. The van der Waals surface area contributed by atoms with Crippen molar-refractivity contribution < 1.29 is 17.9 Å². The van der Waals surface area contributed by atoms with E-state index >= 15 is 0 Å². The summed E-state index contributed by atoms with van der Waals surface area (Å²) in [5.41, 5.74) is 2.99. The molecule has 0 bridgehead atoms. The van der Waals surface area contributed by atoms with Gasteiger partial charge in [-0.2, -0.15) is 0 Å². The van der Waals surface area contributed by atoms with Crippen LogP contribution in [0.2, 0.25) is 0 Å². The molecule has 32 heavy (non-hydrogen) atoms. The molecule has 0 amide bonds. The topological polar surface area (TPSA) is 135 Å². The second-order valence-corrected chi connectivity index (χ2v) is 10.2. The Hall–Kier alpha value is -2.54. The van der Waals surface area contributed by atoms with Crippen LogP contribution in [0.5, 0.6) is 0 Å². The molecule has 2 N–H and O–H groups in total. The molecule has 0 saturated carbocycles. The van der Waals surface area contributed by atoms with Gasteiger partial charge in [-0.25, -0.2) is 18.2 Å². The molecule has 0 aliphatic carbocycles. The minimum atomic E-state index is -3.76. The van der Waals surface area contributed by atoms with Crippen molar-refractivity contribution in [2.75, 3.05) is 12.4 Å². The molecule has 0 radical (unpaired) electrons. The fourth-order valence-electron chi connectivity index (χ4n) is 3.83. The van der Waals surface area contributed by atoms with Gasteiger partial charge in [-0.05, 0) is 67.4 Å². The molecule has 1 unspecified atom stereocenters. The minimum Gasteiger partial charge on any atom is -0.376 e. The van der Waals surface area contributed by atoms with Crippen molar-refractivity contribution in [3.8, 4) is 5.69 Å². The zero-order valence-corrected chi connectivity index (χ0v) is 19.4. The van der Waals surface area contributed by atoms with E-state index in [1.54, 1.807) is 16.8 Å². The Morgan fingerprint density at radius 1 is 1.28 bits per heavy atom. The average molecular weight is 477 g/mol. The number of sulfonamides is 1. The second kappa shape index (κ2) is 9.14. The van der Waals surface area contributed by atoms with Gasteiger partial charge in [0, 0.05) is 29.2 Å². The number of ether oxygens (including phenoxy) is 1. The predicted octanol–water partition coefficient (Wildman–Crippen LogP) is 1.88. The maximum atomic E-state index is 13.0. The fraction of sp³-hybridized carbons (Fsp3) is 0.400. The summed E-state index contributed by atoms with van der Waals surface area (Å²) in [6.45, 7) is 5.09. The van der Waals surface area contributed by atoms with Crippen LogP contribution in [0.4, 0.5) is 0 Å². The molecule has 170 valence electrons. The maximum Gasteiger partial charge on any atom is 0.238 e. The van der Waals surface area contributed by atoms with Crippen molar-refractivity contribution in [2.45, 2.75) is 49.4 Å². The van der Waals surface area contributed by atoms with Gasteiger partial charge in [-0.15, -0.1) is 5.10 Å². The first-order chi connectivity index (χ1) is 15.2. The number of Topliss-reactive ketones (excluding diaryl/α,β-unsaturated/α-hetero) is 1. The Morgan fingerprint density at radius 3 is 2.69 bits per heavy atom. The van der Waals surface area contributed by atoms with Gasteiger partial charge in [-0.1, -0.05) is 11.8 Å². The lowest BCUT2D eigenvalue weighted by atomic mass is 10.2. The molecule has 3 aromatic rings. The number of nitrogens with two attached hydrogens (primary N) is 1. The van der Waals surface area contributed by atoms with Crippen LogP contribution in [0, 0.1) is 13.8 Å². The lowest BCUT2D eigenvalue weighted by Gasteiger charge is -2.11. The average Bonchev–Trinajstić information content (AvgIpc) is 3.48. The normalized spacial score (nSPS) is 16.5. The summed E-state index contributed by atoms with van der Waals surface area (Å²) < 4.78 is 32.2. The lowest BCUT2D eigenvalue weighted by molar-refractivity contribution is 0.0912. The van der Waals surface area contributed by atoms with Crippen molar-refractivity contribution in [2.24, 2.45) is 5.14 Å². The quantitative estimate of drug-likeness (QED) is 0.385. The number of thioether (sulfide) groups is 1. The molecule has 1 aromatic carbocycles. The van der Waals surface area contributed by atoms with Crippen molar-refractivity contribution in [1.29, 1.82) is 0 Å². The maximum absolute atomic E-state index is 13.0. The highest BCUT2D eigenvalue weighted by Gasteiger charge is 2.21. The van der Waals surface area contributed by atoms with E-state index in [2.05, 4.69) is 15.5 Å². The Balaban J connectivity index is 1.48. The monoisotopic (exact) mass is 476 g/mol. The molecule has 1 aliphatic rings. The largest absolute Gasteiger partial charge is 0.376 e. The van der Waals surface area contributed by atoms with Gasteiger partial charge in [-0.3, -0.25) is 4.79 Å². The molecule has 4 rings (SSSR count). The Kier molecular flexibility index (Phi) is 6.47. The Labute approximate surface area is 190 Å². The lowest BCUT2D eigenvalue weighted by Crippen LogP contribution is -2.17. The van der Waals surface area contributed by atoms with Crippen molar-refractivity contribution in [3.05, 3.63) is 47.3 Å². The number of carbonyl (C=O) groups excluding carboxylic acids is 1. The van der Waals surface area contributed by atoms with Crippen LogP contribution in [0.1, 0.15) is 34.6 Å². The highest BCUT2D eigenvalue weighted by atomic mass is 32.2. The predicted molar refractivity (Wildman–Crippen MR) is 118 cm³/mol. The zero-order valence-electron chi connectivity index (χ0n) is 17.8. The Bertz CT molecular complexity index is 1230. The van der Waals surface area contributed by atoms with Crippen LogP contribution in [0.15, 0.2) is 40.4 Å². The van der Waals surface area contributed by atoms with Crippen LogP contribution < -0.4 is 5.14 Å². The van der Waals surface area contributed by atoms with E-state index in [0.29, 0.717) is 17.3 Å². The molecule has 1 fully saturated rings. The molecule has 1 aliphatic heterocycles. The van der Waals surface area contributed by atoms with Gasteiger partial charge < -0.3 is 9.30 Å². The summed E-state index contributed by atoms with van der Waals surface area (Å²) in [6.07, 6.45) is 2.12. The SMILES string of the molecule is Cc1cc(C(=O)CSc2nnnn2CC2CCCO2)c(C)n1-c1ccc(S(N)(=O)=O)cc1. The number of nitrogens with zero attached hydrogens (tertiary/aromatic N) is 5. The number of carbonyl (C=O) groups is 1.